The lowest BCUT2D eigenvalue weighted by Crippen LogP contribution is -2.23. The predicted octanol–water partition coefficient (Wildman–Crippen LogP) is 6.25. The highest BCUT2D eigenvalue weighted by atomic mass is 16.5. The second-order valence-corrected chi connectivity index (χ2v) is 8.32. The summed E-state index contributed by atoms with van der Waals surface area (Å²) in [5.74, 6) is 1.94. The third-order valence-corrected chi connectivity index (χ3v) is 5.55. The number of rotatable bonds is 7. The van der Waals surface area contributed by atoms with Gasteiger partial charge in [0.25, 0.3) is 0 Å². The first-order valence-electron chi connectivity index (χ1n) is 9.92. The standard InChI is InChI=1S/C24H32O2/c1-6-14-25-19-10-8-18(9-11-19)24(5)17-23(3,4)21-13-12-20(16-22(21)24)26-15-7-2/h8-13,16H,6-7,14-15,17H2,1-5H3. The maximum Gasteiger partial charge on any atom is 0.119 e. The molecule has 0 bridgehead atoms. The molecule has 1 unspecified atom stereocenters. The fourth-order valence-corrected chi connectivity index (χ4v) is 4.35. The molecule has 3 rings (SSSR count). The summed E-state index contributed by atoms with van der Waals surface area (Å²) in [5.41, 5.74) is 4.34. The van der Waals surface area contributed by atoms with Gasteiger partial charge in [-0.2, -0.15) is 0 Å². The lowest BCUT2D eigenvalue weighted by molar-refractivity contribution is 0.316. The molecule has 0 saturated carbocycles. The van der Waals surface area contributed by atoms with Gasteiger partial charge in [-0.15, -0.1) is 0 Å². The molecule has 26 heavy (non-hydrogen) atoms. The van der Waals surface area contributed by atoms with Crippen molar-refractivity contribution in [1.29, 1.82) is 0 Å². The largest absolute Gasteiger partial charge is 0.494 e. The van der Waals surface area contributed by atoms with Crippen LogP contribution < -0.4 is 9.47 Å². The van der Waals surface area contributed by atoms with Crippen LogP contribution in [-0.2, 0) is 10.8 Å². The van der Waals surface area contributed by atoms with E-state index in [1.54, 1.807) is 0 Å². The van der Waals surface area contributed by atoms with Crippen LogP contribution in [0.3, 0.4) is 0 Å². The third-order valence-electron chi connectivity index (χ3n) is 5.55. The van der Waals surface area contributed by atoms with Gasteiger partial charge in [0, 0.05) is 5.41 Å². The van der Waals surface area contributed by atoms with E-state index in [4.69, 9.17) is 9.47 Å². The van der Waals surface area contributed by atoms with Gasteiger partial charge in [0.1, 0.15) is 11.5 Å². The molecule has 1 aliphatic carbocycles. The molecule has 140 valence electrons. The number of fused-ring (bicyclic) bond motifs is 1. The van der Waals surface area contributed by atoms with Gasteiger partial charge in [-0.25, -0.2) is 0 Å². The van der Waals surface area contributed by atoms with Gasteiger partial charge in [0.2, 0.25) is 0 Å². The van der Waals surface area contributed by atoms with Crippen LogP contribution in [-0.4, -0.2) is 13.2 Å². The van der Waals surface area contributed by atoms with E-state index < -0.39 is 0 Å². The number of ether oxygens (including phenoxy) is 2. The Labute approximate surface area is 158 Å². The molecule has 2 aromatic rings. The first-order valence-corrected chi connectivity index (χ1v) is 9.92. The molecule has 0 N–H and O–H groups in total. The van der Waals surface area contributed by atoms with Gasteiger partial charge in [-0.1, -0.05) is 52.8 Å². The molecule has 1 aliphatic rings. The van der Waals surface area contributed by atoms with E-state index in [0.717, 1.165) is 44.0 Å². The second kappa shape index (κ2) is 7.34. The van der Waals surface area contributed by atoms with Crippen LogP contribution in [0.4, 0.5) is 0 Å². The molecule has 0 spiro atoms. The summed E-state index contributed by atoms with van der Waals surface area (Å²) >= 11 is 0. The lowest BCUT2D eigenvalue weighted by Gasteiger charge is -2.28. The Morgan fingerprint density at radius 1 is 0.769 bits per heavy atom. The zero-order valence-corrected chi connectivity index (χ0v) is 16.9. The van der Waals surface area contributed by atoms with Crippen molar-refractivity contribution in [2.24, 2.45) is 0 Å². The fraction of sp³-hybridized carbons (Fsp3) is 0.500. The Morgan fingerprint density at radius 3 is 1.96 bits per heavy atom. The molecule has 0 amide bonds. The van der Waals surface area contributed by atoms with Crippen molar-refractivity contribution in [1.82, 2.24) is 0 Å². The van der Waals surface area contributed by atoms with Crippen LogP contribution in [0.1, 0.15) is 70.6 Å². The van der Waals surface area contributed by atoms with Crippen LogP contribution in [0.25, 0.3) is 0 Å². The van der Waals surface area contributed by atoms with Crippen LogP contribution in [0.5, 0.6) is 11.5 Å². The van der Waals surface area contributed by atoms with E-state index in [1.165, 1.54) is 16.7 Å². The van der Waals surface area contributed by atoms with Crippen molar-refractivity contribution >= 4 is 0 Å². The van der Waals surface area contributed by atoms with Gasteiger partial charge in [-0.3, -0.25) is 0 Å². The van der Waals surface area contributed by atoms with Crippen LogP contribution >= 0.6 is 0 Å². The maximum absolute atomic E-state index is 5.92. The van der Waals surface area contributed by atoms with E-state index in [2.05, 4.69) is 77.1 Å². The summed E-state index contributed by atoms with van der Waals surface area (Å²) < 4.78 is 11.7. The predicted molar refractivity (Wildman–Crippen MR) is 109 cm³/mol. The summed E-state index contributed by atoms with van der Waals surface area (Å²) in [5, 5.41) is 0. The summed E-state index contributed by atoms with van der Waals surface area (Å²) in [7, 11) is 0. The number of hydrogen-bond donors (Lipinski definition) is 0. The van der Waals surface area contributed by atoms with Gasteiger partial charge in [0.05, 0.1) is 13.2 Å². The van der Waals surface area contributed by atoms with Crippen molar-refractivity contribution in [3.63, 3.8) is 0 Å². The van der Waals surface area contributed by atoms with Gasteiger partial charge in [-0.05, 0) is 65.6 Å². The molecule has 0 aromatic heterocycles. The fourth-order valence-electron chi connectivity index (χ4n) is 4.35. The average molecular weight is 353 g/mol. The Morgan fingerprint density at radius 2 is 1.35 bits per heavy atom. The highest BCUT2D eigenvalue weighted by Crippen LogP contribution is 2.53. The molecule has 2 nitrogen and oxygen atoms in total. The van der Waals surface area contributed by atoms with Gasteiger partial charge in [0.15, 0.2) is 0 Å². The first kappa shape index (κ1) is 18.8. The van der Waals surface area contributed by atoms with E-state index in [1.807, 2.05) is 0 Å². The van der Waals surface area contributed by atoms with E-state index in [-0.39, 0.29) is 10.8 Å². The average Bonchev–Trinajstić information content (AvgIpc) is 2.85. The van der Waals surface area contributed by atoms with Crippen molar-refractivity contribution in [3.8, 4) is 11.5 Å². The van der Waals surface area contributed by atoms with Crippen LogP contribution in [0, 0.1) is 0 Å². The maximum atomic E-state index is 5.92. The van der Waals surface area contributed by atoms with Crippen molar-refractivity contribution in [2.45, 2.75) is 64.7 Å². The molecule has 2 aromatic carbocycles. The van der Waals surface area contributed by atoms with E-state index in [0.29, 0.717) is 0 Å². The van der Waals surface area contributed by atoms with Crippen molar-refractivity contribution in [2.75, 3.05) is 13.2 Å². The molecule has 0 heterocycles. The minimum Gasteiger partial charge on any atom is -0.494 e. The number of hydrogen-bond acceptors (Lipinski definition) is 2. The zero-order chi connectivity index (χ0) is 18.8. The Balaban J connectivity index is 1.97. The van der Waals surface area contributed by atoms with Gasteiger partial charge >= 0.3 is 0 Å². The smallest absolute Gasteiger partial charge is 0.119 e. The molecule has 0 aliphatic heterocycles. The quantitative estimate of drug-likeness (QED) is 0.586. The summed E-state index contributed by atoms with van der Waals surface area (Å²) in [4.78, 5) is 0. The topological polar surface area (TPSA) is 18.5 Å². The van der Waals surface area contributed by atoms with Crippen LogP contribution in [0.2, 0.25) is 0 Å². The summed E-state index contributed by atoms with van der Waals surface area (Å²) in [6, 6.07) is 15.3. The highest BCUT2D eigenvalue weighted by Gasteiger charge is 2.45. The summed E-state index contributed by atoms with van der Waals surface area (Å²) in [6.07, 6.45) is 3.16. The summed E-state index contributed by atoms with van der Waals surface area (Å²) in [6.45, 7) is 12.9. The molecule has 0 saturated heterocycles. The molecular formula is C24H32O2. The SMILES string of the molecule is CCCOc1ccc(C2(C)CC(C)(C)c3ccc(OCCC)cc32)cc1. The molecule has 0 radical (unpaired) electrons. The van der Waals surface area contributed by atoms with E-state index >= 15 is 0 Å². The van der Waals surface area contributed by atoms with Crippen LogP contribution in [0.15, 0.2) is 42.5 Å². The van der Waals surface area contributed by atoms with Crippen molar-refractivity contribution in [3.05, 3.63) is 59.2 Å². The molecule has 1 atom stereocenters. The normalized spacial score (nSPS) is 20.7. The number of benzene rings is 2. The third kappa shape index (κ3) is 3.47. The Kier molecular flexibility index (Phi) is 5.32. The molecule has 0 fully saturated rings. The molecular weight excluding hydrogens is 320 g/mol. The highest BCUT2D eigenvalue weighted by molar-refractivity contribution is 5.54. The second-order valence-electron chi connectivity index (χ2n) is 8.32. The Hall–Kier alpha value is -1.96. The van der Waals surface area contributed by atoms with Gasteiger partial charge < -0.3 is 9.47 Å². The monoisotopic (exact) mass is 352 g/mol. The zero-order valence-electron chi connectivity index (χ0n) is 16.9. The first-order chi connectivity index (χ1) is 12.4. The minimum absolute atomic E-state index is 0.00625. The minimum atomic E-state index is -0.00625. The Bertz CT molecular complexity index is 745. The molecule has 2 heteroatoms. The van der Waals surface area contributed by atoms with E-state index in [9.17, 15) is 0 Å². The lowest BCUT2D eigenvalue weighted by atomic mass is 9.75. The van der Waals surface area contributed by atoms with Crippen molar-refractivity contribution < 1.29 is 9.47 Å².